The molecule has 2 aromatic rings. The summed E-state index contributed by atoms with van der Waals surface area (Å²) in [6.07, 6.45) is 1.16. The quantitative estimate of drug-likeness (QED) is 0.465. The van der Waals surface area contributed by atoms with E-state index in [4.69, 9.17) is 5.73 Å². The van der Waals surface area contributed by atoms with E-state index in [9.17, 15) is 10.1 Å². The van der Waals surface area contributed by atoms with Crippen LogP contribution in [-0.2, 0) is 4.79 Å². The van der Waals surface area contributed by atoms with Crippen molar-refractivity contribution in [2.75, 3.05) is 4.90 Å². The number of nitrogens with two attached hydrogens (primary N) is 1. The molecule has 154 valence electrons. The van der Waals surface area contributed by atoms with Crippen LogP contribution in [0.4, 0.5) is 5.69 Å². The minimum absolute atomic E-state index is 0.0886. The lowest BCUT2D eigenvalue weighted by Crippen LogP contribution is -2.42. The number of nitriles is 1. The third-order valence-electron chi connectivity index (χ3n) is 5.64. The van der Waals surface area contributed by atoms with Crippen LogP contribution in [-0.4, -0.2) is 5.78 Å². The number of thiophene rings is 1. The van der Waals surface area contributed by atoms with Gasteiger partial charge in [-0.05, 0) is 68.8 Å². The van der Waals surface area contributed by atoms with E-state index in [1.165, 1.54) is 0 Å². The minimum atomic E-state index is -0.428. The van der Waals surface area contributed by atoms with Gasteiger partial charge in [-0.3, -0.25) is 9.69 Å². The standard InChI is InChI=1S/C23H21Br2N3OS/c1-12-15(25)8-19(30-12)20-13(11-26)22(27)28(16-7-5-4-6-14(16)24)17-9-23(2,3)10-18(29)21(17)20/h4-8,20H,9-10,27H2,1-3H3. The van der Waals surface area contributed by atoms with Crippen LogP contribution in [0, 0.1) is 23.7 Å². The van der Waals surface area contributed by atoms with Gasteiger partial charge in [0.1, 0.15) is 5.82 Å². The van der Waals surface area contributed by atoms with Crippen LogP contribution in [0.1, 0.15) is 42.4 Å². The Kier molecular flexibility index (Phi) is 5.46. The smallest absolute Gasteiger partial charge is 0.162 e. The number of carbonyl (C=O) groups is 1. The van der Waals surface area contributed by atoms with E-state index in [1.54, 1.807) is 11.3 Å². The Morgan fingerprint density at radius 3 is 2.53 bits per heavy atom. The van der Waals surface area contributed by atoms with Gasteiger partial charge in [-0.25, -0.2) is 0 Å². The average molecular weight is 547 g/mol. The molecule has 1 aliphatic carbocycles. The average Bonchev–Trinajstić information content (AvgIpc) is 2.99. The van der Waals surface area contributed by atoms with Crippen molar-refractivity contribution in [3.63, 3.8) is 0 Å². The van der Waals surface area contributed by atoms with Crippen LogP contribution >= 0.6 is 43.2 Å². The maximum absolute atomic E-state index is 13.5. The predicted molar refractivity (Wildman–Crippen MR) is 128 cm³/mol. The first-order valence-corrected chi connectivity index (χ1v) is 12.0. The van der Waals surface area contributed by atoms with Gasteiger partial charge in [0.15, 0.2) is 5.78 Å². The highest BCUT2D eigenvalue weighted by molar-refractivity contribution is 9.11. The van der Waals surface area contributed by atoms with Gasteiger partial charge in [-0.2, -0.15) is 5.26 Å². The number of allylic oxidation sites excluding steroid dienone is 3. The Hall–Kier alpha value is -1.88. The number of Topliss-reactive ketones (excluding diaryl/α,β-unsaturated/α-hetero) is 1. The fraction of sp³-hybridized carbons (Fsp3) is 0.304. The highest BCUT2D eigenvalue weighted by Crippen LogP contribution is 2.52. The highest BCUT2D eigenvalue weighted by Gasteiger charge is 2.45. The zero-order chi connectivity index (χ0) is 21.8. The molecule has 0 bridgehead atoms. The second-order valence-electron chi connectivity index (χ2n) is 8.48. The van der Waals surface area contributed by atoms with Gasteiger partial charge >= 0.3 is 0 Å². The lowest BCUT2D eigenvalue weighted by Gasteiger charge is -2.43. The third kappa shape index (κ3) is 3.45. The van der Waals surface area contributed by atoms with E-state index < -0.39 is 5.92 Å². The fourth-order valence-electron chi connectivity index (χ4n) is 4.33. The summed E-state index contributed by atoms with van der Waals surface area (Å²) in [4.78, 5) is 17.5. The number of halogens is 2. The molecular weight excluding hydrogens is 526 g/mol. The first-order chi connectivity index (χ1) is 14.1. The van der Waals surface area contributed by atoms with Crippen LogP contribution in [0.25, 0.3) is 0 Å². The monoisotopic (exact) mass is 545 g/mol. The zero-order valence-corrected chi connectivity index (χ0v) is 20.9. The lowest BCUT2D eigenvalue weighted by atomic mass is 9.69. The number of nitrogens with zero attached hydrogens (tertiary/aromatic N) is 2. The summed E-state index contributed by atoms with van der Waals surface area (Å²) in [6, 6.07) is 12.1. The highest BCUT2D eigenvalue weighted by atomic mass is 79.9. The first kappa shape index (κ1) is 21.4. The van der Waals surface area contributed by atoms with Gasteiger partial charge in [0.25, 0.3) is 0 Å². The number of anilines is 1. The SMILES string of the molecule is Cc1sc(C2C(C#N)=C(N)N(c3ccccc3Br)C3=C2C(=O)CC(C)(C)C3)cc1Br. The molecule has 0 spiro atoms. The van der Waals surface area contributed by atoms with Gasteiger partial charge in [-0.15, -0.1) is 11.3 Å². The zero-order valence-electron chi connectivity index (χ0n) is 16.9. The molecular formula is C23H21Br2N3OS. The number of hydrogen-bond donors (Lipinski definition) is 1. The second kappa shape index (κ2) is 7.67. The van der Waals surface area contributed by atoms with Crippen molar-refractivity contribution in [3.8, 4) is 6.07 Å². The normalized spacial score (nSPS) is 21.0. The summed E-state index contributed by atoms with van der Waals surface area (Å²) in [5.74, 6) is 0.0499. The molecule has 1 aromatic heterocycles. The molecule has 7 heteroatoms. The molecule has 0 amide bonds. The van der Waals surface area contributed by atoms with Crippen LogP contribution in [0.15, 0.2) is 61.9 Å². The molecule has 0 radical (unpaired) electrons. The Bertz CT molecular complexity index is 1150. The van der Waals surface area contributed by atoms with Crippen LogP contribution < -0.4 is 10.6 Å². The van der Waals surface area contributed by atoms with Crippen LogP contribution in [0.3, 0.4) is 0 Å². The van der Waals surface area contributed by atoms with Crippen LogP contribution in [0.2, 0.25) is 0 Å². The number of rotatable bonds is 2. The van der Waals surface area contributed by atoms with Crippen molar-refractivity contribution in [1.82, 2.24) is 0 Å². The summed E-state index contributed by atoms with van der Waals surface area (Å²) in [5.41, 5.74) is 9.33. The van der Waals surface area contributed by atoms with Crippen molar-refractivity contribution in [3.05, 3.63) is 71.7 Å². The molecule has 1 aromatic carbocycles. The fourth-order valence-corrected chi connectivity index (χ4v) is 6.47. The second-order valence-corrected chi connectivity index (χ2v) is 11.5. The van der Waals surface area contributed by atoms with E-state index >= 15 is 0 Å². The molecule has 1 unspecified atom stereocenters. The summed E-state index contributed by atoms with van der Waals surface area (Å²) in [7, 11) is 0. The predicted octanol–water partition coefficient (Wildman–Crippen LogP) is 6.52. The topological polar surface area (TPSA) is 70.1 Å². The summed E-state index contributed by atoms with van der Waals surface area (Å²) < 4.78 is 1.85. The number of aryl methyl sites for hydroxylation is 1. The number of ketones is 1. The number of benzene rings is 1. The Balaban J connectivity index is 2.03. The molecule has 1 aliphatic heterocycles. The van der Waals surface area contributed by atoms with Gasteiger partial charge in [0, 0.05) is 36.4 Å². The van der Waals surface area contributed by atoms with E-state index in [-0.39, 0.29) is 11.2 Å². The van der Waals surface area contributed by atoms with E-state index in [0.717, 1.165) is 30.1 Å². The maximum Gasteiger partial charge on any atom is 0.162 e. The van der Waals surface area contributed by atoms with Crippen molar-refractivity contribution in [2.45, 2.75) is 39.5 Å². The molecule has 4 nitrogen and oxygen atoms in total. The summed E-state index contributed by atoms with van der Waals surface area (Å²) >= 11 is 8.80. The van der Waals surface area contributed by atoms with Gasteiger partial charge in [0.05, 0.1) is 23.2 Å². The molecule has 2 N–H and O–H groups in total. The molecule has 1 atom stereocenters. The van der Waals surface area contributed by atoms with Crippen molar-refractivity contribution >= 4 is 54.7 Å². The molecule has 30 heavy (non-hydrogen) atoms. The lowest BCUT2D eigenvalue weighted by molar-refractivity contribution is -0.118. The Morgan fingerprint density at radius 1 is 1.23 bits per heavy atom. The Labute approximate surface area is 197 Å². The molecule has 0 saturated heterocycles. The number of hydrogen-bond acceptors (Lipinski definition) is 5. The summed E-state index contributed by atoms with van der Waals surface area (Å²) in [6.45, 7) is 6.23. The number of para-hydroxylation sites is 1. The maximum atomic E-state index is 13.5. The molecule has 0 saturated carbocycles. The first-order valence-electron chi connectivity index (χ1n) is 9.61. The Morgan fingerprint density at radius 2 is 1.93 bits per heavy atom. The largest absolute Gasteiger partial charge is 0.384 e. The van der Waals surface area contributed by atoms with Crippen molar-refractivity contribution < 1.29 is 4.79 Å². The van der Waals surface area contributed by atoms with Gasteiger partial charge in [-0.1, -0.05) is 26.0 Å². The van der Waals surface area contributed by atoms with E-state index in [2.05, 4.69) is 51.8 Å². The van der Waals surface area contributed by atoms with E-state index in [0.29, 0.717) is 29.8 Å². The molecule has 0 fully saturated rings. The summed E-state index contributed by atoms with van der Waals surface area (Å²) in [5, 5.41) is 10.1. The molecule has 4 rings (SSSR count). The van der Waals surface area contributed by atoms with Gasteiger partial charge < -0.3 is 5.73 Å². The van der Waals surface area contributed by atoms with E-state index in [1.807, 2.05) is 42.2 Å². The minimum Gasteiger partial charge on any atom is -0.384 e. The van der Waals surface area contributed by atoms with Gasteiger partial charge in [0.2, 0.25) is 0 Å². The third-order valence-corrected chi connectivity index (χ3v) is 8.51. The molecule has 2 heterocycles. The molecule has 2 aliphatic rings. The van der Waals surface area contributed by atoms with Crippen LogP contribution in [0.5, 0.6) is 0 Å². The van der Waals surface area contributed by atoms with Crippen molar-refractivity contribution in [1.29, 1.82) is 5.26 Å². The number of carbonyl (C=O) groups excluding carboxylic acids is 1. The van der Waals surface area contributed by atoms with Crippen molar-refractivity contribution in [2.24, 2.45) is 11.1 Å².